The minimum Gasteiger partial charge on any atom is -0.454 e. The molecule has 0 fully saturated rings. The number of hydrogen-bond donors (Lipinski definition) is 0. The first kappa shape index (κ1) is 28.3. The van der Waals surface area contributed by atoms with Gasteiger partial charge in [-0.2, -0.15) is 0 Å². The van der Waals surface area contributed by atoms with E-state index in [0.29, 0.717) is 23.3 Å². The Morgan fingerprint density at radius 3 is 1.94 bits per heavy atom. The number of carbonyl (C=O) groups is 3. The Hall–Kier alpha value is -2.95. The zero-order valence-electron chi connectivity index (χ0n) is 21.5. The average Bonchev–Trinajstić information content (AvgIpc) is 2.86. The third-order valence-electron chi connectivity index (χ3n) is 6.02. The summed E-state index contributed by atoms with van der Waals surface area (Å²) in [4.78, 5) is 36.9. The van der Waals surface area contributed by atoms with Gasteiger partial charge in [0.2, 0.25) is 5.78 Å². The first-order valence-corrected chi connectivity index (χ1v) is 13.1. The predicted molar refractivity (Wildman–Crippen MR) is 139 cm³/mol. The molecule has 0 saturated carbocycles. The Kier molecular flexibility index (Phi) is 12.8. The van der Waals surface area contributed by atoms with Crippen LogP contribution in [0.15, 0.2) is 48.5 Å². The molecule has 0 N–H and O–H groups in total. The molecule has 5 heteroatoms. The maximum atomic E-state index is 12.6. The number of aryl methyl sites for hydroxylation is 1. The number of Topliss-reactive ketones (excluding diaryl/α,β-unsaturated/α-hetero) is 1. The quantitative estimate of drug-likeness (QED) is 0.108. The molecule has 5 nitrogen and oxygen atoms in total. The van der Waals surface area contributed by atoms with Crippen LogP contribution in [0.1, 0.15) is 111 Å². The van der Waals surface area contributed by atoms with Gasteiger partial charge >= 0.3 is 11.9 Å². The van der Waals surface area contributed by atoms with Gasteiger partial charge in [0.1, 0.15) is 5.75 Å². The molecule has 0 bridgehead atoms. The number of ketones is 1. The van der Waals surface area contributed by atoms with Gasteiger partial charge in [0.05, 0.1) is 5.56 Å². The largest absolute Gasteiger partial charge is 0.454 e. The van der Waals surface area contributed by atoms with Gasteiger partial charge in [0.25, 0.3) is 0 Å². The fraction of sp³-hybridized carbons (Fsp3) is 0.500. The molecule has 0 heterocycles. The predicted octanol–water partition coefficient (Wildman–Crippen LogP) is 7.50. The van der Waals surface area contributed by atoms with Gasteiger partial charge in [-0.15, -0.1) is 0 Å². The van der Waals surface area contributed by atoms with Crippen molar-refractivity contribution in [2.75, 3.05) is 0 Å². The molecule has 0 aliphatic heterocycles. The van der Waals surface area contributed by atoms with Crippen LogP contribution in [0, 0.1) is 0 Å². The third kappa shape index (κ3) is 10.5. The number of unbranched alkanes of at least 4 members (excludes halogenated alkanes) is 7. The standard InChI is InChI=1S/C30H40O5/c1-4-6-8-9-10-12-13-24-15-17-26(18-16-24)30(33)35-27-21-19-25(20-22-27)29(32)23(3)34-28(31)14-11-7-5-2/h15-23H,4-14H2,1-3H3. The smallest absolute Gasteiger partial charge is 0.343 e. The normalized spacial score (nSPS) is 11.6. The van der Waals surface area contributed by atoms with Gasteiger partial charge < -0.3 is 9.47 Å². The summed E-state index contributed by atoms with van der Waals surface area (Å²) in [6.45, 7) is 5.86. The minimum atomic E-state index is -0.854. The van der Waals surface area contributed by atoms with Crippen LogP contribution in [-0.4, -0.2) is 23.8 Å². The van der Waals surface area contributed by atoms with Gasteiger partial charge in [0.15, 0.2) is 6.10 Å². The SMILES string of the molecule is CCCCCCCCc1ccc(C(=O)Oc2ccc(C(=O)C(C)OC(=O)CCCCC)cc2)cc1. The first-order valence-electron chi connectivity index (χ1n) is 13.1. The van der Waals surface area contributed by atoms with Crippen molar-refractivity contribution in [2.24, 2.45) is 0 Å². The van der Waals surface area contributed by atoms with E-state index in [4.69, 9.17) is 9.47 Å². The molecule has 2 aromatic carbocycles. The van der Waals surface area contributed by atoms with E-state index in [-0.39, 0.29) is 11.8 Å². The third-order valence-corrected chi connectivity index (χ3v) is 6.02. The molecule has 0 amide bonds. The number of rotatable bonds is 16. The molecule has 190 valence electrons. The van der Waals surface area contributed by atoms with Crippen molar-refractivity contribution in [3.63, 3.8) is 0 Å². The molecule has 35 heavy (non-hydrogen) atoms. The van der Waals surface area contributed by atoms with Crippen LogP contribution in [-0.2, 0) is 16.0 Å². The van der Waals surface area contributed by atoms with E-state index in [1.54, 1.807) is 43.3 Å². The first-order chi connectivity index (χ1) is 16.9. The highest BCUT2D eigenvalue weighted by Gasteiger charge is 2.19. The molecule has 0 aliphatic carbocycles. The summed E-state index contributed by atoms with van der Waals surface area (Å²) >= 11 is 0. The molecule has 1 atom stereocenters. The molecule has 1 unspecified atom stereocenters. The van der Waals surface area contributed by atoms with Gasteiger partial charge in [-0.3, -0.25) is 9.59 Å². The van der Waals surface area contributed by atoms with Crippen LogP contribution in [0.2, 0.25) is 0 Å². The van der Waals surface area contributed by atoms with Gasteiger partial charge in [0, 0.05) is 12.0 Å². The molecule has 0 aromatic heterocycles. The van der Waals surface area contributed by atoms with Crippen LogP contribution < -0.4 is 4.74 Å². The Balaban J connectivity index is 1.81. The molecule has 0 saturated heterocycles. The molecule has 0 spiro atoms. The summed E-state index contributed by atoms with van der Waals surface area (Å²) in [7, 11) is 0. The molecular formula is C30H40O5. The minimum absolute atomic E-state index is 0.285. The van der Waals surface area contributed by atoms with Gasteiger partial charge in [-0.1, -0.05) is 70.9 Å². The van der Waals surface area contributed by atoms with E-state index < -0.39 is 12.1 Å². The van der Waals surface area contributed by atoms with Crippen LogP contribution in [0.25, 0.3) is 0 Å². The van der Waals surface area contributed by atoms with Crippen molar-refractivity contribution >= 4 is 17.7 Å². The Bertz CT molecular complexity index is 915. The summed E-state index contributed by atoms with van der Waals surface area (Å²) in [5, 5.41) is 0. The fourth-order valence-corrected chi connectivity index (χ4v) is 3.83. The summed E-state index contributed by atoms with van der Waals surface area (Å²) in [5.41, 5.74) is 2.11. The van der Waals surface area contributed by atoms with Crippen molar-refractivity contribution in [3.05, 3.63) is 65.2 Å². The molecule has 0 aliphatic rings. The summed E-state index contributed by atoms with van der Waals surface area (Å²) in [6, 6.07) is 13.9. The summed E-state index contributed by atoms with van der Waals surface area (Å²) < 4.78 is 10.7. The molecule has 2 aromatic rings. The van der Waals surface area contributed by atoms with E-state index in [2.05, 4.69) is 13.8 Å². The van der Waals surface area contributed by atoms with Crippen LogP contribution in [0.4, 0.5) is 0 Å². The number of hydrogen-bond acceptors (Lipinski definition) is 5. The Morgan fingerprint density at radius 2 is 1.29 bits per heavy atom. The van der Waals surface area contributed by atoms with Crippen molar-refractivity contribution in [1.82, 2.24) is 0 Å². The monoisotopic (exact) mass is 480 g/mol. The molecule has 2 rings (SSSR count). The number of benzene rings is 2. The van der Waals surface area contributed by atoms with Crippen molar-refractivity contribution in [3.8, 4) is 5.75 Å². The zero-order valence-corrected chi connectivity index (χ0v) is 21.5. The average molecular weight is 481 g/mol. The maximum Gasteiger partial charge on any atom is 0.343 e. The van der Waals surface area contributed by atoms with Gasteiger partial charge in [-0.25, -0.2) is 4.79 Å². The second-order valence-corrected chi connectivity index (χ2v) is 9.08. The van der Waals surface area contributed by atoms with E-state index in [0.717, 1.165) is 32.1 Å². The van der Waals surface area contributed by atoms with E-state index in [9.17, 15) is 14.4 Å². The summed E-state index contributed by atoms with van der Waals surface area (Å²) in [5.74, 6) is -0.730. The van der Waals surface area contributed by atoms with E-state index in [1.165, 1.54) is 37.7 Å². The molecule has 0 radical (unpaired) electrons. The van der Waals surface area contributed by atoms with Crippen molar-refractivity contribution in [2.45, 2.75) is 97.5 Å². The topological polar surface area (TPSA) is 69.7 Å². The lowest BCUT2D eigenvalue weighted by molar-refractivity contribution is -0.146. The lowest BCUT2D eigenvalue weighted by Crippen LogP contribution is -2.24. The second-order valence-electron chi connectivity index (χ2n) is 9.08. The lowest BCUT2D eigenvalue weighted by Gasteiger charge is -2.12. The van der Waals surface area contributed by atoms with Gasteiger partial charge in [-0.05, 0) is 68.1 Å². The molecular weight excluding hydrogens is 440 g/mol. The van der Waals surface area contributed by atoms with Crippen LogP contribution in [0.5, 0.6) is 5.75 Å². The number of esters is 2. The summed E-state index contributed by atoms with van der Waals surface area (Å²) in [6.07, 6.45) is 10.8. The highest BCUT2D eigenvalue weighted by Crippen LogP contribution is 2.17. The van der Waals surface area contributed by atoms with Crippen LogP contribution in [0.3, 0.4) is 0 Å². The Labute approximate surface area is 210 Å². The highest BCUT2D eigenvalue weighted by molar-refractivity contribution is 6.00. The van der Waals surface area contributed by atoms with E-state index in [1.807, 2.05) is 12.1 Å². The van der Waals surface area contributed by atoms with Crippen molar-refractivity contribution in [1.29, 1.82) is 0 Å². The van der Waals surface area contributed by atoms with Crippen molar-refractivity contribution < 1.29 is 23.9 Å². The Morgan fingerprint density at radius 1 is 0.714 bits per heavy atom. The highest BCUT2D eigenvalue weighted by atomic mass is 16.5. The maximum absolute atomic E-state index is 12.6. The fourth-order valence-electron chi connectivity index (χ4n) is 3.83. The lowest BCUT2D eigenvalue weighted by atomic mass is 10.0. The van der Waals surface area contributed by atoms with E-state index >= 15 is 0 Å². The number of carbonyl (C=O) groups excluding carboxylic acids is 3. The van der Waals surface area contributed by atoms with Crippen LogP contribution >= 0.6 is 0 Å². The number of ether oxygens (including phenoxy) is 2. The zero-order chi connectivity index (χ0) is 25.5. The second kappa shape index (κ2) is 15.9.